The van der Waals surface area contributed by atoms with Gasteiger partial charge in [0.25, 0.3) is 0 Å². The van der Waals surface area contributed by atoms with Gasteiger partial charge < -0.3 is 15.5 Å². The number of carbonyl (C=O) groups is 1. The fourth-order valence-electron chi connectivity index (χ4n) is 3.57. The van der Waals surface area contributed by atoms with Crippen LogP contribution in [0.25, 0.3) is 0 Å². The van der Waals surface area contributed by atoms with Crippen molar-refractivity contribution in [1.82, 2.24) is 15.5 Å². The van der Waals surface area contributed by atoms with Gasteiger partial charge in [0, 0.05) is 37.1 Å². The van der Waals surface area contributed by atoms with Crippen LogP contribution < -0.4 is 10.6 Å². The maximum atomic E-state index is 13.4. The molecule has 0 saturated heterocycles. The molecule has 5 nitrogen and oxygen atoms in total. The van der Waals surface area contributed by atoms with Gasteiger partial charge in [-0.15, -0.1) is 24.0 Å². The minimum atomic E-state index is -0.320. The molecule has 1 amide bonds. The molecule has 0 unspecified atom stereocenters. The summed E-state index contributed by atoms with van der Waals surface area (Å²) in [6.07, 6.45) is 6.68. The lowest BCUT2D eigenvalue weighted by atomic mass is 9.96. The van der Waals surface area contributed by atoms with Gasteiger partial charge in [-0.3, -0.25) is 4.79 Å². The predicted molar refractivity (Wildman–Crippen MR) is 122 cm³/mol. The first-order valence-corrected chi connectivity index (χ1v) is 9.98. The van der Waals surface area contributed by atoms with Crippen LogP contribution in [-0.2, 0) is 10.2 Å². The zero-order valence-electron chi connectivity index (χ0n) is 16.4. The molecule has 0 radical (unpaired) electrons. The van der Waals surface area contributed by atoms with E-state index in [9.17, 15) is 9.18 Å². The molecule has 0 aromatic heterocycles. The van der Waals surface area contributed by atoms with Crippen molar-refractivity contribution in [3.8, 4) is 0 Å². The van der Waals surface area contributed by atoms with Crippen molar-refractivity contribution in [2.45, 2.75) is 50.0 Å². The van der Waals surface area contributed by atoms with E-state index in [0.717, 1.165) is 31.2 Å². The van der Waals surface area contributed by atoms with E-state index in [0.29, 0.717) is 23.6 Å². The number of hydrogen-bond donors (Lipinski definition) is 2. The number of aliphatic imine (C=N–C) groups is 1. The van der Waals surface area contributed by atoms with E-state index in [-0.39, 0.29) is 47.7 Å². The van der Waals surface area contributed by atoms with Gasteiger partial charge in [-0.25, -0.2) is 9.38 Å². The van der Waals surface area contributed by atoms with Crippen molar-refractivity contribution in [3.05, 3.63) is 34.6 Å². The Bertz CT molecular complexity index is 718. The van der Waals surface area contributed by atoms with E-state index in [1.807, 2.05) is 0 Å². The Kier molecular flexibility index (Phi) is 8.36. The molecular formula is C20H29ClFIN4O. The minimum Gasteiger partial charge on any atom is -0.355 e. The number of likely N-dealkylation sites (N-methyl/N-ethyl adjacent to an activating group) is 1. The number of hydrogen-bond acceptors (Lipinski definition) is 2. The fraction of sp³-hybridized carbons (Fsp3) is 0.600. The van der Waals surface area contributed by atoms with E-state index in [1.165, 1.54) is 29.9 Å². The second-order valence-electron chi connectivity index (χ2n) is 7.84. The van der Waals surface area contributed by atoms with Crippen LogP contribution in [-0.4, -0.2) is 50.0 Å². The second kappa shape index (κ2) is 10.1. The van der Waals surface area contributed by atoms with Crippen LogP contribution in [0, 0.1) is 5.82 Å². The first-order valence-electron chi connectivity index (χ1n) is 9.60. The van der Waals surface area contributed by atoms with E-state index < -0.39 is 0 Å². The normalized spacial score (nSPS) is 18.4. The maximum Gasteiger partial charge on any atom is 0.243 e. The van der Waals surface area contributed by atoms with Gasteiger partial charge in [0.2, 0.25) is 5.91 Å². The van der Waals surface area contributed by atoms with Crippen LogP contribution in [0.15, 0.2) is 23.2 Å². The van der Waals surface area contributed by atoms with Gasteiger partial charge in [0.1, 0.15) is 12.4 Å². The van der Waals surface area contributed by atoms with Gasteiger partial charge in [-0.1, -0.05) is 30.5 Å². The summed E-state index contributed by atoms with van der Waals surface area (Å²) in [6.45, 7) is 0.770. The molecule has 2 saturated carbocycles. The lowest BCUT2D eigenvalue weighted by molar-refractivity contribution is -0.127. The van der Waals surface area contributed by atoms with Gasteiger partial charge in [0.15, 0.2) is 5.96 Å². The molecule has 0 heterocycles. The summed E-state index contributed by atoms with van der Waals surface area (Å²) in [4.78, 5) is 17.9. The highest BCUT2D eigenvalue weighted by atomic mass is 127. The minimum absolute atomic E-state index is 0. The van der Waals surface area contributed by atoms with Gasteiger partial charge in [0.05, 0.1) is 0 Å². The quantitative estimate of drug-likeness (QED) is 0.340. The predicted octanol–water partition coefficient (Wildman–Crippen LogP) is 3.69. The Balaban J connectivity index is 0.00000280. The highest BCUT2D eigenvalue weighted by molar-refractivity contribution is 14.0. The first-order chi connectivity index (χ1) is 12.9. The van der Waals surface area contributed by atoms with E-state index in [2.05, 4.69) is 15.6 Å². The second-order valence-corrected chi connectivity index (χ2v) is 8.24. The van der Waals surface area contributed by atoms with Crippen LogP contribution >= 0.6 is 35.6 Å². The molecule has 2 aliphatic carbocycles. The van der Waals surface area contributed by atoms with Crippen molar-refractivity contribution in [2.24, 2.45) is 4.99 Å². The Morgan fingerprint density at radius 2 is 2.00 bits per heavy atom. The number of halogens is 3. The zero-order chi connectivity index (χ0) is 19.4. The standard InChI is InChI=1S/C20H28ClFN4O.HI/c1-26(2)18(27)12-23-19(25-15-5-3-4-6-15)24-13-20(9-10-20)16-8-7-14(22)11-17(16)21;/h7-8,11,15H,3-6,9-10,12-13H2,1-2H3,(H2,23,24,25);1H. The van der Waals surface area contributed by atoms with Crippen molar-refractivity contribution >= 4 is 47.4 Å². The van der Waals surface area contributed by atoms with E-state index in [4.69, 9.17) is 11.6 Å². The lowest BCUT2D eigenvalue weighted by Crippen LogP contribution is -2.45. The number of amides is 1. The van der Waals surface area contributed by atoms with E-state index in [1.54, 1.807) is 20.2 Å². The lowest BCUT2D eigenvalue weighted by Gasteiger charge is -2.22. The monoisotopic (exact) mass is 522 g/mol. The molecule has 0 aliphatic heterocycles. The number of guanidine groups is 1. The van der Waals surface area contributed by atoms with Crippen LogP contribution in [0.4, 0.5) is 4.39 Å². The number of benzene rings is 1. The Morgan fingerprint density at radius 1 is 1.32 bits per heavy atom. The third kappa shape index (κ3) is 5.95. The zero-order valence-corrected chi connectivity index (χ0v) is 19.5. The van der Waals surface area contributed by atoms with Crippen molar-refractivity contribution in [2.75, 3.05) is 27.2 Å². The van der Waals surface area contributed by atoms with Crippen molar-refractivity contribution < 1.29 is 9.18 Å². The molecule has 1 aromatic rings. The highest BCUT2D eigenvalue weighted by Crippen LogP contribution is 2.50. The average Bonchev–Trinajstić information content (AvgIpc) is 3.22. The van der Waals surface area contributed by atoms with Crippen molar-refractivity contribution in [1.29, 1.82) is 0 Å². The van der Waals surface area contributed by atoms with Crippen LogP contribution in [0.5, 0.6) is 0 Å². The molecule has 2 N–H and O–H groups in total. The molecule has 2 aliphatic rings. The average molecular weight is 523 g/mol. The smallest absolute Gasteiger partial charge is 0.243 e. The molecule has 8 heteroatoms. The molecule has 156 valence electrons. The number of rotatable bonds is 6. The number of carbonyl (C=O) groups excluding carboxylic acids is 1. The summed E-state index contributed by atoms with van der Waals surface area (Å²) in [7, 11) is 3.45. The number of nitrogens with one attached hydrogen (secondary N) is 2. The van der Waals surface area contributed by atoms with Crippen LogP contribution in [0.1, 0.15) is 44.1 Å². The summed E-state index contributed by atoms with van der Waals surface area (Å²) in [6, 6.07) is 5.01. The first kappa shape index (κ1) is 23.2. The number of nitrogens with zero attached hydrogens (tertiary/aromatic N) is 2. The fourth-order valence-corrected chi connectivity index (χ4v) is 3.94. The van der Waals surface area contributed by atoms with Crippen LogP contribution in [0.3, 0.4) is 0 Å². The Morgan fingerprint density at radius 3 is 2.57 bits per heavy atom. The Hall–Kier alpha value is -1.09. The summed E-state index contributed by atoms with van der Waals surface area (Å²) in [5.74, 6) is 0.312. The van der Waals surface area contributed by atoms with Gasteiger partial charge >= 0.3 is 0 Å². The Labute approximate surface area is 188 Å². The molecule has 0 bridgehead atoms. The maximum absolute atomic E-state index is 13.4. The highest BCUT2D eigenvalue weighted by Gasteiger charge is 2.45. The van der Waals surface area contributed by atoms with Gasteiger partial charge in [-0.2, -0.15) is 0 Å². The van der Waals surface area contributed by atoms with Crippen molar-refractivity contribution in [3.63, 3.8) is 0 Å². The summed E-state index contributed by atoms with van der Waals surface area (Å²) in [5.41, 5.74) is 0.886. The summed E-state index contributed by atoms with van der Waals surface area (Å²) in [5, 5.41) is 7.33. The molecule has 0 spiro atoms. The summed E-state index contributed by atoms with van der Waals surface area (Å²) >= 11 is 6.28. The molecule has 1 aromatic carbocycles. The SMILES string of the molecule is CN(C)C(=O)CN=C(NCC1(c2ccc(F)cc2Cl)CC1)NC1CCCC1.I. The third-order valence-corrected chi connectivity index (χ3v) is 5.83. The molecule has 3 rings (SSSR count). The van der Waals surface area contributed by atoms with E-state index >= 15 is 0 Å². The van der Waals surface area contributed by atoms with Crippen LogP contribution in [0.2, 0.25) is 5.02 Å². The third-order valence-electron chi connectivity index (χ3n) is 5.52. The molecule has 28 heavy (non-hydrogen) atoms. The van der Waals surface area contributed by atoms with Gasteiger partial charge in [-0.05, 0) is 43.4 Å². The largest absolute Gasteiger partial charge is 0.355 e. The molecule has 0 atom stereocenters. The molecule has 2 fully saturated rings. The summed E-state index contributed by atoms with van der Waals surface area (Å²) < 4.78 is 13.4. The topological polar surface area (TPSA) is 56.7 Å². The molecular weight excluding hydrogens is 494 g/mol.